The van der Waals surface area contributed by atoms with E-state index < -0.39 is 10.0 Å². The van der Waals surface area contributed by atoms with Gasteiger partial charge in [0, 0.05) is 52.1 Å². The molecule has 0 N–H and O–H groups in total. The van der Waals surface area contributed by atoms with Gasteiger partial charge in [0.2, 0.25) is 21.8 Å². The summed E-state index contributed by atoms with van der Waals surface area (Å²) < 4.78 is 25.0. The first-order chi connectivity index (χ1) is 10.2. The predicted molar refractivity (Wildman–Crippen MR) is 84.8 cm³/mol. The summed E-state index contributed by atoms with van der Waals surface area (Å²) in [6, 6.07) is -0.114. The van der Waals surface area contributed by atoms with Gasteiger partial charge in [-0.15, -0.1) is 0 Å². The molecule has 1 aliphatic heterocycles. The van der Waals surface area contributed by atoms with Gasteiger partial charge in [0.05, 0.1) is 6.26 Å². The minimum atomic E-state index is -3.31. The number of amides is 2. The number of rotatable bonds is 6. The van der Waals surface area contributed by atoms with Crippen LogP contribution in [-0.4, -0.2) is 79.4 Å². The fourth-order valence-electron chi connectivity index (χ4n) is 2.55. The highest BCUT2D eigenvalue weighted by Crippen LogP contribution is 2.11. The maximum Gasteiger partial charge on any atom is 0.224 e. The second-order valence-corrected chi connectivity index (χ2v) is 7.70. The van der Waals surface area contributed by atoms with Crippen LogP contribution in [0, 0.1) is 0 Å². The van der Waals surface area contributed by atoms with E-state index in [1.807, 2.05) is 13.8 Å². The first-order valence-corrected chi connectivity index (χ1v) is 9.51. The molecule has 0 aromatic rings. The van der Waals surface area contributed by atoms with Crippen LogP contribution in [0.25, 0.3) is 0 Å². The Hall–Kier alpha value is -1.15. The van der Waals surface area contributed by atoms with Crippen LogP contribution in [0.15, 0.2) is 0 Å². The Labute approximate surface area is 133 Å². The van der Waals surface area contributed by atoms with Crippen LogP contribution in [0.4, 0.5) is 0 Å². The summed E-state index contributed by atoms with van der Waals surface area (Å²) in [7, 11) is -3.31. The van der Waals surface area contributed by atoms with Crippen LogP contribution < -0.4 is 0 Å². The number of nitrogens with zero attached hydrogens (tertiary/aromatic N) is 3. The van der Waals surface area contributed by atoms with E-state index in [1.165, 1.54) is 17.5 Å². The highest BCUT2D eigenvalue weighted by Gasteiger charge is 2.26. The molecule has 0 radical (unpaired) electrons. The number of carbonyl (C=O) groups is 2. The average Bonchev–Trinajstić information content (AvgIpc) is 2.45. The number of hydrogen-bond acceptors (Lipinski definition) is 4. The van der Waals surface area contributed by atoms with Crippen molar-refractivity contribution in [1.82, 2.24) is 14.1 Å². The van der Waals surface area contributed by atoms with Crippen molar-refractivity contribution in [3.8, 4) is 0 Å². The standard InChI is InChI=1S/C14H27N3O4S/c1-5-12(2)17(22(4,20)21)7-6-14(19)16-10-8-15(9-11-16)13(3)18/h12H,5-11H2,1-4H3. The van der Waals surface area contributed by atoms with Crippen molar-refractivity contribution in [2.24, 2.45) is 0 Å². The summed E-state index contributed by atoms with van der Waals surface area (Å²) >= 11 is 0. The van der Waals surface area contributed by atoms with Crippen LogP contribution in [0.5, 0.6) is 0 Å². The Bertz CT molecular complexity index is 498. The zero-order valence-electron chi connectivity index (χ0n) is 13.9. The highest BCUT2D eigenvalue weighted by molar-refractivity contribution is 7.88. The molecule has 7 nitrogen and oxygen atoms in total. The molecule has 0 aromatic carbocycles. The summed E-state index contributed by atoms with van der Waals surface area (Å²) in [6.07, 6.45) is 2.06. The van der Waals surface area contributed by atoms with E-state index in [4.69, 9.17) is 0 Å². The molecule has 1 aliphatic rings. The minimum Gasteiger partial charge on any atom is -0.339 e. The van der Waals surface area contributed by atoms with E-state index in [0.29, 0.717) is 32.6 Å². The Kier molecular flexibility index (Phi) is 6.80. The van der Waals surface area contributed by atoms with E-state index in [0.717, 1.165) is 0 Å². The van der Waals surface area contributed by atoms with E-state index >= 15 is 0 Å². The lowest BCUT2D eigenvalue weighted by Gasteiger charge is -2.35. The van der Waals surface area contributed by atoms with Crippen molar-refractivity contribution in [1.29, 1.82) is 0 Å². The zero-order valence-corrected chi connectivity index (χ0v) is 14.7. The molecule has 128 valence electrons. The Balaban J connectivity index is 2.53. The number of sulfonamides is 1. The summed E-state index contributed by atoms with van der Waals surface area (Å²) in [5.41, 5.74) is 0. The highest BCUT2D eigenvalue weighted by atomic mass is 32.2. The van der Waals surface area contributed by atoms with Gasteiger partial charge in [-0.05, 0) is 13.3 Å². The molecule has 0 spiro atoms. The van der Waals surface area contributed by atoms with E-state index in [1.54, 1.807) is 9.80 Å². The monoisotopic (exact) mass is 333 g/mol. The fourth-order valence-corrected chi connectivity index (χ4v) is 3.78. The second kappa shape index (κ2) is 7.92. The van der Waals surface area contributed by atoms with E-state index in [2.05, 4.69) is 0 Å². The first kappa shape index (κ1) is 18.9. The molecule has 22 heavy (non-hydrogen) atoms. The lowest BCUT2D eigenvalue weighted by atomic mass is 10.2. The molecule has 0 aromatic heterocycles. The Morgan fingerprint density at radius 2 is 1.64 bits per heavy atom. The van der Waals surface area contributed by atoms with Crippen molar-refractivity contribution < 1.29 is 18.0 Å². The third kappa shape index (κ3) is 5.24. The Morgan fingerprint density at radius 3 is 2.05 bits per heavy atom. The van der Waals surface area contributed by atoms with Crippen LogP contribution in [-0.2, 0) is 19.6 Å². The smallest absolute Gasteiger partial charge is 0.224 e. The molecular formula is C14H27N3O4S. The van der Waals surface area contributed by atoms with Crippen LogP contribution in [0.1, 0.15) is 33.6 Å². The van der Waals surface area contributed by atoms with Crippen LogP contribution in [0.3, 0.4) is 0 Å². The SMILES string of the molecule is CCC(C)N(CCC(=O)N1CCN(C(C)=O)CC1)S(C)(=O)=O. The van der Waals surface area contributed by atoms with Gasteiger partial charge in [-0.1, -0.05) is 6.92 Å². The molecule has 0 bridgehead atoms. The molecule has 1 rings (SSSR count). The molecule has 2 amide bonds. The molecular weight excluding hydrogens is 306 g/mol. The molecule has 0 aliphatic carbocycles. The molecule has 0 saturated carbocycles. The third-order valence-electron chi connectivity index (χ3n) is 4.13. The molecule has 8 heteroatoms. The molecule has 1 unspecified atom stereocenters. The van der Waals surface area contributed by atoms with Gasteiger partial charge in [-0.2, -0.15) is 4.31 Å². The number of carbonyl (C=O) groups excluding carboxylic acids is 2. The fraction of sp³-hybridized carbons (Fsp3) is 0.857. The maximum atomic E-state index is 12.2. The lowest BCUT2D eigenvalue weighted by Crippen LogP contribution is -2.50. The first-order valence-electron chi connectivity index (χ1n) is 7.67. The van der Waals surface area contributed by atoms with Crippen molar-refractivity contribution in [3.63, 3.8) is 0 Å². The van der Waals surface area contributed by atoms with E-state index in [9.17, 15) is 18.0 Å². The van der Waals surface area contributed by atoms with Gasteiger partial charge in [-0.25, -0.2) is 8.42 Å². The Morgan fingerprint density at radius 1 is 1.14 bits per heavy atom. The normalized spacial score (nSPS) is 17.7. The van der Waals surface area contributed by atoms with Crippen molar-refractivity contribution >= 4 is 21.8 Å². The second-order valence-electron chi connectivity index (χ2n) is 5.77. The van der Waals surface area contributed by atoms with Crippen molar-refractivity contribution in [3.05, 3.63) is 0 Å². The average molecular weight is 333 g/mol. The van der Waals surface area contributed by atoms with Gasteiger partial charge < -0.3 is 9.80 Å². The van der Waals surface area contributed by atoms with Gasteiger partial charge in [-0.3, -0.25) is 9.59 Å². The topological polar surface area (TPSA) is 78.0 Å². The van der Waals surface area contributed by atoms with Gasteiger partial charge in [0.25, 0.3) is 0 Å². The molecule has 1 saturated heterocycles. The molecule has 1 fully saturated rings. The largest absolute Gasteiger partial charge is 0.339 e. The van der Waals surface area contributed by atoms with Crippen LogP contribution >= 0.6 is 0 Å². The van der Waals surface area contributed by atoms with Gasteiger partial charge >= 0.3 is 0 Å². The van der Waals surface area contributed by atoms with Gasteiger partial charge in [0.15, 0.2) is 0 Å². The van der Waals surface area contributed by atoms with Crippen molar-refractivity contribution in [2.45, 2.75) is 39.7 Å². The zero-order chi connectivity index (χ0) is 16.9. The summed E-state index contributed by atoms with van der Waals surface area (Å²) in [5, 5.41) is 0. The quantitative estimate of drug-likeness (QED) is 0.692. The number of hydrogen-bond donors (Lipinski definition) is 0. The third-order valence-corrected chi connectivity index (χ3v) is 5.53. The molecule has 1 atom stereocenters. The number of piperazine rings is 1. The summed E-state index contributed by atoms with van der Waals surface area (Å²) in [6.45, 7) is 7.61. The van der Waals surface area contributed by atoms with Crippen molar-refractivity contribution in [2.75, 3.05) is 39.0 Å². The maximum absolute atomic E-state index is 12.2. The predicted octanol–water partition coefficient (Wildman–Crippen LogP) is 0.127. The lowest BCUT2D eigenvalue weighted by molar-refractivity contribution is -0.138. The minimum absolute atomic E-state index is 0.0205. The van der Waals surface area contributed by atoms with Crippen LogP contribution in [0.2, 0.25) is 0 Å². The van der Waals surface area contributed by atoms with Gasteiger partial charge in [0.1, 0.15) is 0 Å². The molecule has 1 heterocycles. The summed E-state index contributed by atoms with van der Waals surface area (Å²) in [4.78, 5) is 26.9. The van der Waals surface area contributed by atoms with E-state index in [-0.39, 0.29) is 30.8 Å². The summed E-state index contributed by atoms with van der Waals surface area (Å²) in [5.74, 6) is -0.0349.